The second-order valence-electron chi connectivity index (χ2n) is 7.61. The van der Waals surface area contributed by atoms with Crippen molar-refractivity contribution in [3.8, 4) is 39.5 Å². The maximum atomic E-state index is 14.9. The fourth-order valence-corrected chi connectivity index (χ4v) is 3.61. The van der Waals surface area contributed by atoms with E-state index in [0.717, 1.165) is 0 Å². The monoisotopic (exact) mass is 482 g/mol. The van der Waals surface area contributed by atoms with Gasteiger partial charge in [0.25, 0.3) is 0 Å². The van der Waals surface area contributed by atoms with E-state index in [1.54, 1.807) is 55.5 Å². The third-order valence-electron chi connectivity index (χ3n) is 5.47. The number of halogens is 4. The third-order valence-corrected chi connectivity index (χ3v) is 5.47. The molecule has 0 atom stereocenters. The van der Waals surface area contributed by atoms with Gasteiger partial charge in [-0.25, -0.2) is 13.2 Å². The van der Waals surface area contributed by atoms with Gasteiger partial charge in [0.05, 0.1) is 13.7 Å². The molecule has 0 bridgehead atoms. The Morgan fingerprint density at radius 1 is 0.571 bits per heavy atom. The molecular formula is C28H22F4O3. The van der Waals surface area contributed by atoms with E-state index in [9.17, 15) is 17.6 Å². The zero-order valence-corrected chi connectivity index (χ0v) is 19.1. The Morgan fingerprint density at radius 2 is 1.11 bits per heavy atom. The van der Waals surface area contributed by atoms with Gasteiger partial charge in [-0.2, -0.15) is 4.39 Å². The lowest BCUT2D eigenvalue weighted by atomic mass is 9.98. The number of methoxy groups -OCH3 is 1. The van der Waals surface area contributed by atoms with Crippen molar-refractivity contribution in [2.45, 2.75) is 13.5 Å². The molecule has 0 N–H and O–H groups in total. The lowest BCUT2D eigenvalue weighted by Crippen LogP contribution is -2.03. The van der Waals surface area contributed by atoms with Crippen LogP contribution in [-0.2, 0) is 6.61 Å². The summed E-state index contributed by atoms with van der Waals surface area (Å²) in [5.74, 6) is -3.23. The number of rotatable bonds is 8. The van der Waals surface area contributed by atoms with Crippen LogP contribution in [0.25, 0.3) is 22.3 Å². The average molecular weight is 482 g/mol. The van der Waals surface area contributed by atoms with Gasteiger partial charge in [-0.15, -0.1) is 0 Å². The quantitative estimate of drug-likeness (QED) is 0.243. The zero-order chi connectivity index (χ0) is 24.9. The molecule has 4 aromatic rings. The summed E-state index contributed by atoms with van der Waals surface area (Å²) >= 11 is 0. The van der Waals surface area contributed by atoms with Gasteiger partial charge in [-0.05, 0) is 54.4 Å². The smallest absolute Gasteiger partial charge is 0.201 e. The Kier molecular flexibility index (Phi) is 7.25. The second-order valence-corrected chi connectivity index (χ2v) is 7.61. The minimum atomic E-state index is -1.07. The molecule has 0 aliphatic heterocycles. The molecule has 0 saturated heterocycles. The molecular weight excluding hydrogens is 460 g/mol. The molecule has 0 saturated carbocycles. The third kappa shape index (κ3) is 5.09. The molecule has 180 valence electrons. The minimum Gasteiger partial charge on any atom is -0.497 e. The number of ether oxygens (including phenoxy) is 3. The van der Waals surface area contributed by atoms with E-state index in [1.807, 2.05) is 0 Å². The van der Waals surface area contributed by atoms with Crippen molar-refractivity contribution >= 4 is 0 Å². The van der Waals surface area contributed by atoms with Crippen LogP contribution < -0.4 is 14.2 Å². The molecule has 0 radical (unpaired) electrons. The van der Waals surface area contributed by atoms with Crippen molar-refractivity contribution in [1.29, 1.82) is 0 Å². The highest BCUT2D eigenvalue weighted by molar-refractivity contribution is 5.72. The van der Waals surface area contributed by atoms with Crippen LogP contribution in [0.15, 0.2) is 72.8 Å². The molecule has 7 heteroatoms. The second kappa shape index (κ2) is 10.5. The van der Waals surface area contributed by atoms with E-state index in [0.29, 0.717) is 22.6 Å². The van der Waals surface area contributed by atoms with E-state index in [-0.39, 0.29) is 35.7 Å². The normalized spacial score (nSPS) is 10.8. The van der Waals surface area contributed by atoms with Gasteiger partial charge in [0.2, 0.25) is 5.82 Å². The molecule has 35 heavy (non-hydrogen) atoms. The Bertz CT molecular complexity index is 1320. The summed E-state index contributed by atoms with van der Waals surface area (Å²) < 4.78 is 73.7. The highest BCUT2D eigenvalue weighted by Crippen LogP contribution is 2.33. The predicted octanol–water partition coefficient (Wildman–Crippen LogP) is 7.56. The van der Waals surface area contributed by atoms with Gasteiger partial charge in [-0.1, -0.05) is 36.4 Å². The maximum absolute atomic E-state index is 14.9. The molecule has 0 aromatic heterocycles. The van der Waals surface area contributed by atoms with Crippen molar-refractivity contribution in [3.05, 3.63) is 102 Å². The average Bonchev–Trinajstić information content (AvgIpc) is 2.88. The lowest BCUT2D eigenvalue weighted by molar-refractivity contribution is 0.289. The summed E-state index contributed by atoms with van der Waals surface area (Å²) in [6, 6.07) is 18.6. The molecule has 0 aliphatic carbocycles. The fourth-order valence-electron chi connectivity index (χ4n) is 3.61. The molecule has 0 spiro atoms. The first-order valence-electron chi connectivity index (χ1n) is 10.9. The highest BCUT2D eigenvalue weighted by atomic mass is 19.2. The summed E-state index contributed by atoms with van der Waals surface area (Å²) in [6.45, 7) is 1.68. The summed E-state index contributed by atoms with van der Waals surface area (Å²) in [5.41, 5.74) is 1.21. The van der Waals surface area contributed by atoms with Crippen molar-refractivity contribution in [2.75, 3.05) is 13.7 Å². The lowest BCUT2D eigenvalue weighted by Gasteiger charge is -2.12. The van der Waals surface area contributed by atoms with Gasteiger partial charge in [0.15, 0.2) is 23.2 Å². The van der Waals surface area contributed by atoms with Crippen molar-refractivity contribution in [3.63, 3.8) is 0 Å². The molecule has 3 nitrogen and oxygen atoms in total. The van der Waals surface area contributed by atoms with Gasteiger partial charge in [0, 0.05) is 16.7 Å². The molecule has 4 rings (SSSR count). The van der Waals surface area contributed by atoms with Crippen LogP contribution in [0, 0.1) is 23.3 Å². The highest BCUT2D eigenvalue weighted by Gasteiger charge is 2.17. The van der Waals surface area contributed by atoms with Crippen LogP contribution in [0.4, 0.5) is 17.6 Å². The van der Waals surface area contributed by atoms with Gasteiger partial charge < -0.3 is 14.2 Å². The Morgan fingerprint density at radius 3 is 1.63 bits per heavy atom. The molecule has 0 aliphatic rings. The standard InChI is InChI=1S/C28H22F4O3/c1-3-34-24-15-8-19(25(29)28(24)32)16-35-21-11-6-18(7-12-21)23-14-13-22(26(30)27(23)31)17-4-9-20(33-2)10-5-17/h4-15H,3,16H2,1-2H3. The zero-order valence-electron chi connectivity index (χ0n) is 19.1. The number of hydrogen-bond donors (Lipinski definition) is 0. The summed E-state index contributed by atoms with van der Waals surface area (Å²) in [4.78, 5) is 0. The Hall–Kier alpha value is -4.00. The topological polar surface area (TPSA) is 27.7 Å². The van der Waals surface area contributed by atoms with Crippen molar-refractivity contribution < 1.29 is 31.8 Å². The fraction of sp³-hybridized carbons (Fsp3) is 0.143. The van der Waals surface area contributed by atoms with E-state index >= 15 is 0 Å². The number of benzene rings is 4. The molecule has 0 amide bonds. The molecule has 0 fully saturated rings. The van der Waals surface area contributed by atoms with Crippen molar-refractivity contribution in [1.82, 2.24) is 0 Å². The van der Waals surface area contributed by atoms with Crippen LogP contribution >= 0.6 is 0 Å². The van der Waals surface area contributed by atoms with E-state index in [4.69, 9.17) is 14.2 Å². The first kappa shape index (κ1) is 24.1. The van der Waals surface area contributed by atoms with Gasteiger partial charge >= 0.3 is 0 Å². The summed E-state index contributed by atoms with van der Waals surface area (Å²) in [5, 5.41) is 0. The Labute approximate surface area is 200 Å². The van der Waals surface area contributed by atoms with Crippen LogP contribution in [0.3, 0.4) is 0 Å². The van der Waals surface area contributed by atoms with Gasteiger partial charge in [0.1, 0.15) is 18.1 Å². The summed E-state index contributed by atoms with van der Waals surface area (Å²) in [7, 11) is 1.53. The maximum Gasteiger partial charge on any atom is 0.201 e. The van der Waals surface area contributed by atoms with Crippen LogP contribution in [0.2, 0.25) is 0 Å². The summed E-state index contributed by atoms with van der Waals surface area (Å²) in [6.07, 6.45) is 0. The Balaban J connectivity index is 1.50. The molecule has 4 aromatic carbocycles. The van der Waals surface area contributed by atoms with Crippen LogP contribution in [0.5, 0.6) is 17.2 Å². The predicted molar refractivity (Wildman–Crippen MR) is 126 cm³/mol. The SMILES string of the molecule is CCOc1ccc(COc2ccc(-c3ccc(-c4ccc(OC)cc4)c(F)c3F)cc2)c(F)c1F. The number of hydrogen-bond acceptors (Lipinski definition) is 3. The first-order valence-corrected chi connectivity index (χ1v) is 10.9. The molecule has 0 heterocycles. The van der Waals surface area contributed by atoms with E-state index in [2.05, 4.69) is 0 Å². The van der Waals surface area contributed by atoms with E-state index < -0.39 is 23.3 Å². The largest absolute Gasteiger partial charge is 0.497 e. The van der Waals surface area contributed by atoms with E-state index in [1.165, 1.54) is 31.4 Å². The van der Waals surface area contributed by atoms with Crippen molar-refractivity contribution in [2.24, 2.45) is 0 Å². The molecule has 0 unspecified atom stereocenters. The van der Waals surface area contributed by atoms with Crippen LogP contribution in [-0.4, -0.2) is 13.7 Å². The first-order chi connectivity index (χ1) is 16.9. The van der Waals surface area contributed by atoms with Gasteiger partial charge in [-0.3, -0.25) is 0 Å². The van der Waals surface area contributed by atoms with Crippen LogP contribution in [0.1, 0.15) is 12.5 Å². The minimum absolute atomic E-state index is 0.0252.